The maximum atomic E-state index is 12.0. The average molecular weight is 259 g/mol. The average Bonchev–Trinajstić information content (AvgIpc) is 3.01. The molecule has 1 unspecified atom stereocenters. The van der Waals surface area contributed by atoms with Crippen LogP contribution in [0.25, 0.3) is 0 Å². The minimum absolute atomic E-state index is 0.0956. The molecule has 0 N–H and O–H groups in total. The molecule has 19 heavy (non-hydrogen) atoms. The van der Waals surface area contributed by atoms with Gasteiger partial charge < -0.3 is 4.74 Å². The molecule has 0 bridgehead atoms. The van der Waals surface area contributed by atoms with E-state index in [0.717, 1.165) is 25.7 Å². The summed E-state index contributed by atoms with van der Waals surface area (Å²) in [7, 11) is 0. The first-order chi connectivity index (χ1) is 9.24. The highest BCUT2D eigenvalue weighted by Gasteiger charge is 2.68. The van der Waals surface area contributed by atoms with Crippen LogP contribution in [0.1, 0.15) is 37.8 Å². The largest absolute Gasteiger partial charge is 0.459 e. The molecule has 1 spiro atoms. The molecule has 0 saturated heterocycles. The molecular weight excluding hydrogens is 242 g/mol. The van der Waals surface area contributed by atoms with Gasteiger partial charge in [0.1, 0.15) is 12.5 Å². The molecular formula is C15H17NO3. The first kappa shape index (κ1) is 12.3. The summed E-state index contributed by atoms with van der Waals surface area (Å²) in [6.45, 7) is 0.152. The van der Waals surface area contributed by atoms with Gasteiger partial charge in [-0.05, 0) is 25.0 Å². The molecule has 4 nitrogen and oxygen atoms in total. The number of ether oxygens (including phenoxy) is 1. The summed E-state index contributed by atoms with van der Waals surface area (Å²) >= 11 is 0. The van der Waals surface area contributed by atoms with E-state index < -0.39 is 5.92 Å². The van der Waals surface area contributed by atoms with Crippen molar-refractivity contribution in [3.05, 3.63) is 30.1 Å². The van der Waals surface area contributed by atoms with E-state index in [1.54, 1.807) is 12.3 Å². The third-order valence-corrected chi connectivity index (χ3v) is 4.29. The Morgan fingerprint density at radius 1 is 1.32 bits per heavy atom. The predicted octanol–water partition coefficient (Wildman–Crippen LogP) is 2.27. The second kappa shape index (κ2) is 4.76. The number of ketones is 1. The van der Waals surface area contributed by atoms with E-state index in [9.17, 15) is 9.59 Å². The quantitative estimate of drug-likeness (QED) is 0.617. The number of hydrogen-bond acceptors (Lipinski definition) is 4. The van der Waals surface area contributed by atoms with Crippen molar-refractivity contribution in [3.8, 4) is 0 Å². The second-order valence-corrected chi connectivity index (χ2v) is 5.44. The highest BCUT2D eigenvalue weighted by atomic mass is 16.5. The minimum Gasteiger partial charge on any atom is -0.459 e. The van der Waals surface area contributed by atoms with E-state index in [1.807, 2.05) is 12.1 Å². The van der Waals surface area contributed by atoms with Crippen LogP contribution in [0.15, 0.2) is 24.4 Å². The van der Waals surface area contributed by atoms with Gasteiger partial charge in [0.15, 0.2) is 5.78 Å². The number of Topliss-reactive ketones (excluding diaryl/α,β-unsaturated/α-hetero) is 1. The van der Waals surface area contributed by atoms with E-state index in [4.69, 9.17) is 4.74 Å². The SMILES string of the molecule is O=C(OCc1ccccn1)C1C(=O)C12CCCCC2. The van der Waals surface area contributed by atoms with Crippen LogP contribution in [0, 0.1) is 11.3 Å². The van der Waals surface area contributed by atoms with Gasteiger partial charge in [0.25, 0.3) is 0 Å². The van der Waals surface area contributed by atoms with Gasteiger partial charge in [-0.15, -0.1) is 0 Å². The molecule has 2 aliphatic carbocycles. The fourth-order valence-corrected chi connectivity index (χ4v) is 3.15. The molecule has 100 valence electrons. The first-order valence-corrected chi connectivity index (χ1v) is 6.85. The van der Waals surface area contributed by atoms with Crippen molar-refractivity contribution >= 4 is 11.8 Å². The van der Waals surface area contributed by atoms with Gasteiger partial charge in [-0.3, -0.25) is 14.6 Å². The van der Waals surface area contributed by atoms with Crippen molar-refractivity contribution in [2.24, 2.45) is 11.3 Å². The van der Waals surface area contributed by atoms with Crippen molar-refractivity contribution in [2.75, 3.05) is 0 Å². The van der Waals surface area contributed by atoms with Crippen LogP contribution >= 0.6 is 0 Å². The Morgan fingerprint density at radius 2 is 2.11 bits per heavy atom. The summed E-state index contributed by atoms with van der Waals surface area (Å²) in [6.07, 6.45) is 6.65. The molecule has 0 aliphatic heterocycles. The van der Waals surface area contributed by atoms with Gasteiger partial charge in [-0.1, -0.05) is 25.3 Å². The molecule has 1 aromatic heterocycles. The third-order valence-electron chi connectivity index (χ3n) is 4.29. The van der Waals surface area contributed by atoms with Crippen LogP contribution in [0.5, 0.6) is 0 Å². The van der Waals surface area contributed by atoms with Crippen LogP contribution < -0.4 is 0 Å². The maximum absolute atomic E-state index is 12.0. The van der Waals surface area contributed by atoms with Crippen LogP contribution in [-0.2, 0) is 20.9 Å². The summed E-state index contributed by atoms with van der Waals surface area (Å²) in [5.41, 5.74) is 0.348. The number of nitrogens with zero attached hydrogens (tertiary/aromatic N) is 1. The molecule has 0 amide bonds. The number of hydrogen-bond donors (Lipinski definition) is 0. The van der Waals surface area contributed by atoms with Gasteiger partial charge in [0, 0.05) is 6.20 Å². The zero-order chi connectivity index (χ0) is 13.3. The van der Waals surface area contributed by atoms with E-state index in [1.165, 1.54) is 6.42 Å². The summed E-state index contributed by atoms with van der Waals surface area (Å²) in [5, 5.41) is 0. The van der Waals surface area contributed by atoms with Crippen LogP contribution in [0.3, 0.4) is 0 Å². The molecule has 2 saturated carbocycles. The van der Waals surface area contributed by atoms with Gasteiger partial charge >= 0.3 is 5.97 Å². The van der Waals surface area contributed by atoms with Gasteiger partial charge in [0.2, 0.25) is 0 Å². The molecule has 2 fully saturated rings. The van der Waals surface area contributed by atoms with Crippen molar-refractivity contribution in [1.82, 2.24) is 4.98 Å². The summed E-state index contributed by atoms with van der Waals surface area (Å²) in [4.78, 5) is 28.0. The molecule has 2 aliphatic rings. The summed E-state index contributed by atoms with van der Waals surface area (Å²) in [6, 6.07) is 5.46. The van der Waals surface area contributed by atoms with Crippen LogP contribution in [-0.4, -0.2) is 16.7 Å². The predicted molar refractivity (Wildman–Crippen MR) is 68.0 cm³/mol. The fraction of sp³-hybridized carbons (Fsp3) is 0.533. The molecule has 1 atom stereocenters. The maximum Gasteiger partial charge on any atom is 0.317 e. The van der Waals surface area contributed by atoms with Gasteiger partial charge in [-0.2, -0.15) is 0 Å². The van der Waals surface area contributed by atoms with E-state index in [2.05, 4.69) is 4.98 Å². The normalized spacial score (nSPS) is 24.2. The summed E-state index contributed by atoms with van der Waals surface area (Å²) < 4.78 is 5.23. The van der Waals surface area contributed by atoms with Crippen molar-refractivity contribution in [1.29, 1.82) is 0 Å². The smallest absolute Gasteiger partial charge is 0.317 e. The minimum atomic E-state index is -0.503. The monoisotopic (exact) mass is 259 g/mol. The number of pyridine rings is 1. The number of esters is 1. The lowest BCUT2D eigenvalue weighted by atomic mass is 9.84. The topological polar surface area (TPSA) is 56.3 Å². The lowest BCUT2D eigenvalue weighted by molar-refractivity contribution is -0.148. The Kier molecular flexibility index (Phi) is 3.09. The standard InChI is InChI=1S/C15H17NO3/c17-13-12(15(13)7-3-1-4-8-15)14(18)19-10-11-6-2-5-9-16-11/h2,5-6,9,12H,1,3-4,7-8,10H2. The zero-order valence-electron chi connectivity index (χ0n) is 10.8. The van der Waals surface area contributed by atoms with Crippen LogP contribution in [0.4, 0.5) is 0 Å². The van der Waals surface area contributed by atoms with Gasteiger partial charge in [0.05, 0.1) is 11.1 Å². The van der Waals surface area contributed by atoms with Crippen LogP contribution in [0.2, 0.25) is 0 Å². The number of carbonyl (C=O) groups is 2. The van der Waals surface area contributed by atoms with Crippen molar-refractivity contribution in [3.63, 3.8) is 0 Å². The molecule has 3 rings (SSSR count). The Balaban J connectivity index is 1.58. The molecule has 1 heterocycles. The lowest BCUT2D eigenvalue weighted by Crippen LogP contribution is -2.16. The second-order valence-electron chi connectivity index (χ2n) is 5.44. The third kappa shape index (κ3) is 2.15. The Labute approximate surface area is 112 Å². The lowest BCUT2D eigenvalue weighted by Gasteiger charge is -2.19. The van der Waals surface area contributed by atoms with Gasteiger partial charge in [-0.25, -0.2) is 0 Å². The molecule has 0 aromatic carbocycles. The van der Waals surface area contributed by atoms with E-state index in [0.29, 0.717) is 5.69 Å². The van der Waals surface area contributed by atoms with E-state index in [-0.39, 0.29) is 23.8 Å². The highest BCUT2D eigenvalue weighted by Crippen LogP contribution is 2.58. The molecule has 1 aromatic rings. The highest BCUT2D eigenvalue weighted by molar-refractivity contribution is 6.17. The fourth-order valence-electron chi connectivity index (χ4n) is 3.15. The summed E-state index contributed by atoms with van der Waals surface area (Å²) in [5.74, 6) is -0.771. The zero-order valence-corrected chi connectivity index (χ0v) is 10.8. The Morgan fingerprint density at radius 3 is 2.79 bits per heavy atom. The van der Waals surface area contributed by atoms with Crippen molar-refractivity contribution < 1.29 is 14.3 Å². The van der Waals surface area contributed by atoms with E-state index >= 15 is 0 Å². The Hall–Kier alpha value is -1.71. The van der Waals surface area contributed by atoms with Crippen molar-refractivity contribution in [2.45, 2.75) is 38.7 Å². The first-order valence-electron chi connectivity index (χ1n) is 6.85. The number of rotatable bonds is 3. The molecule has 0 radical (unpaired) electrons. The Bertz CT molecular complexity index is 491. The number of aromatic nitrogens is 1. The number of carbonyl (C=O) groups excluding carboxylic acids is 2. The molecule has 4 heteroatoms.